The van der Waals surface area contributed by atoms with Crippen LogP contribution in [0.2, 0.25) is 0 Å². The molecule has 6 heteroatoms. The van der Waals surface area contributed by atoms with Crippen molar-refractivity contribution in [2.45, 2.75) is 39.8 Å². The Hall–Kier alpha value is -3.12. The topological polar surface area (TPSA) is 58.6 Å². The van der Waals surface area contributed by atoms with Crippen LogP contribution < -0.4 is 10.1 Å². The predicted molar refractivity (Wildman–Crippen MR) is 139 cm³/mol. The summed E-state index contributed by atoms with van der Waals surface area (Å²) in [7, 11) is 0. The van der Waals surface area contributed by atoms with Gasteiger partial charge in [0.25, 0.3) is 5.91 Å². The minimum atomic E-state index is -0.670. The second kappa shape index (κ2) is 12.4. The number of aryl methyl sites for hydroxylation is 2. The molecule has 0 aliphatic rings. The summed E-state index contributed by atoms with van der Waals surface area (Å²) in [5.41, 5.74) is 4.01. The minimum absolute atomic E-state index is 0.150. The van der Waals surface area contributed by atoms with Gasteiger partial charge in [0.15, 0.2) is 6.61 Å². The molecule has 3 rings (SSSR count). The Morgan fingerprint density at radius 2 is 1.71 bits per heavy atom. The minimum Gasteiger partial charge on any atom is -0.483 e. The van der Waals surface area contributed by atoms with Crippen molar-refractivity contribution in [2.24, 2.45) is 0 Å². The third-order valence-corrected chi connectivity index (χ3v) is 6.04. The Labute approximate surface area is 210 Å². The molecule has 0 heterocycles. The number of hydrogen-bond donors (Lipinski definition) is 1. The standard InChI is InChI=1S/C28H31BrN2O3/c1-4-30-28(33)25(17-22-9-6-5-7-10-22)31(18-23-11-8-12-24(29)16-23)27(32)19-34-26-14-13-20(2)15-21(26)3/h5-16,25H,4,17-19H2,1-3H3,(H,30,33)/t25-/m1/s1. The number of ether oxygens (including phenoxy) is 1. The summed E-state index contributed by atoms with van der Waals surface area (Å²) in [5.74, 6) is 0.243. The van der Waals surface area contributed by atoms with Gasteiger partial charge in [-0.1, -0.05) is 76.1 Å². The molecule has 0 fully saturated rings. The number of halogens is 1. The average molecular weight is 523 g/mol. The summed E-state index contributed by atoms with van der Waals surface area (Å²) < 4.78 is 6.82. The fourth-order valence-electron chi connectivity index (χ4n) is 3.86. The van der Waals surface area contributed by atoms with Gasteiger partial charge in [0.05, 0.1) is 0 Å². The molecular formula is C28H31BrN2O3. The van der Waals surface area contributed by atoms with Gasteiger partial charge in [-0.05, 0) is 55.7 Å². The van der Waals surface area contributed by atoms with Crippen LogP contribution in [0.3, 0.4) is 0 Å². The molecule has 0 radical (unpaired) electrons. The van der Waals surface area contributed by atoms with Crippen LogP contribution in [-0.4, -0.2) is 35.9 Å². The van der Waals surface area contributed by atoms with E-state index in [0.717, 1.165) is 26.7 Å². The molecule has 5 nitrogen and oxygen atoms in total. The summed E-state index contributed by atoms with van der Waals surface area (Å²) in [5, 5.41) is 2.90. The molecule has 0 spiro atoms. The van der Waals surface area contributed by atoms with Crippen molar-refractivity contribution >= 4 is 27.7 Å². The molecule has 0 unspecified atom stereocenters. The molecule has 178 valence electrons. The van der Waals surface area contributed by atoms with E-state index in [1.54, 1.807) is 4.90 Å². The van der Waals surface area contributed by atoms with Crippen LogP contribution in [0.15, 0.2) is 77.3 Å². The first kappa shape index (κ1) is 25.5. The third kappa shape index (κ3) is 7.19. The van der Waals surface area contributed by atoms with Crippen LogP contribution >= 0.6 is 15.9 Å². The van der Waals surface area contributed by atoms with Gasteiger partial charge in [-0.3, -0.25) is 9.59 Å². The normalized spacial score (nSPS) is 11.5. The lowest BCUT2D eigenvalue weighted by Gasteiger charge is -2.31. The average Bonchev–Trinajstić information content (AvgIpc) is 2.81. The summed E-state index contributed by atoms with van der Waals surface area (Å²) in [6.45, 7) is 6.48. The fraction of sp³-hybridized carbons (Fsp3) is 0.286. The molecular weight excluding hydrogens is 492 g/mol. The Balaban J connectivity index is 1.90. The number of rotatable bonds is 10. The zero-order valence-corrected chi connectivity index (χ0v) is 21.5. The maximum Gasteiger partial charge on any atom is 0.261 e. The molecule has 0 aliphatic heterocycles. The number of nitrogens with zero attached hydrogens (tertiary/aromatic N) is 1. The molecule has 1 atom stereocenters. The lowest BCUT2D eigenvalue weighted by atomic mass is 10.0. The lowest BCUT2D eigenvalue weighted by molar-refractivity contribution is -0.142. The fourth-order valence-corrected chi connectivity index (χ4v) is 4.31. The van der Waals surface area contributed by atoms with E-state index in [9.17, 15) is 9.59 Å². The molecule has 3 aromatic carbocycles. The third-order valence-electron chi connectivity index (χ3n) is 5.55. The van der Waals surface area contributed by atoms with Crippen LogP contribution in [0.1, 0.15) is 29.2 Å². The number of amides is 2. The number of carbonyl (C=O) groups excluding carboxylic acids is 2. The Kier molecular flexibility index (Phi) is 9.28. The number of hydrogen-bond acceptors (Lipinski definition) is 3. The zero-order chi connectivity index (χ0) is 24.5. The van der Waals surface area contributed by atoms with Crippen LogP contribution in [0, 0.1) is 13.8 Å². The second-order valence-electron chi connectivity index (χ2n) is 8.31. The molecule has 0 aromatic heterocycles. The van der Waals surface area contributed by atoms with E-state index < -0.39 is 6.04 Å². The van der Waals surface area contributed by atoms with Gasteiger partial charge in [-0.2, -0.15) is 0 Å². The van der Waals surface area contributed by atoms with Gasteiger partial charge in [0, 0.05) is 24.0 Å². The largest absolute Gasteiger partial charge is 0.483 e. The molecule has 1 N–H and O–H groups in total. The van der Waals surface area contributed by atoms with Crippen molar-refractivity contribution in [1.29, 1.82) is 0 Å². The lowest BCUT2D eigenvalue weighted by Crippen LogP contribution is -2.51. The first-order valence-electron chi connectivity index (χ1n) is 11.4. The van der Waals surface area contributed by atoms with E-state index in [4.69, 9.17) is 4.74 Å². The van der Waals surface area contributed by atoms with Crippen molar-refractivity contribution in [3.05, 3.63) is 99.5 Å². The van der Waals surface area contributed by atoms with E-state index in [2.05, 4.69) is 21.2 Å². The SMILES string of the molecule is CCNC(=O)[C@@H](Cc1ccccc1)N(Cc1cccc(Br)c1)C(=O)COc1ccc(C)cc1C. The summed E-state index contributed by atoms with van der Waals surface area (Å²) in [6.07, 6.45) is 0.413. The van der Waals surface area contributed by atoms with Crippen molar-refractivity contribution in [1.82, 2.24) is 10.2 Å². The van der Waals surface area contributed by atoms with Crippen molar-refractivity contribution in [3.8, 4) is 5.75 Å². The summed E-state index contributed by atoms with van der Waals surface area (Å²) >= 11 is 3.50. The van der Waals surface area contributed by atoms with Gasteiger partial charge in [0.2, 0.25) is 5.91 Å². The first-order chi connectivity index (χ1) is 16.4. The van der Waals surface area contributed by atoms with E-state index in [0.29, 0.717) is 25.3 Å². The van der Waals surface area contributed by atoms with E-state index in [1.807, 2.05) is 93.6 Å². The van der Waals surface area contributed by atoms with Crippen LogP contribution in [0.4, 0.5) is 0 Å². The highest BCUT2D eigenvalue weighted by Crippen LogP contribution is 2.21. The monoisotopic (exact) mass is 522 g/mol. The highest BCUT2D eigenvalue weighted by Gasteiger charge is 2.30. The van der Waals surface area contributed by atoms with Crippen molar-refractivity contribution in [3.63, 3.8) is 0 Å². The predicted octanol–water partition coefficient (Wildman–Crippen LogP) is 5.22. The quantitative estimate of drug-likeness (QED) is 0.397. The molecule has 0 aliphatic carbocycles. The summed E-state index contributed by atoms with van der Waals surface area (Å²) in [4.78, 5) is 28.3. The maximum absolute atomic E-state index is 13.5. The number of carbonyl (C=O) groups is 2. The number of benzene rings is 3. The highest BCUT2D eigenvalue weighted by molar-refractivity contribution is 9.10. The van der Waals surface area contributed by atoms with E-state index in [1.165, 1.54) is 0 Å². The molecule has 0 bridgehead atoms. The molecule has 34 heavy (non-hydrogen) atoms. The van der Waals surface area contributed by atoms with Gasteiger partial charge < -0.3 is 15.0 Å². The van der Waals surface area contributed by atoms with Gasteiger partial charge in [0.1, 0.15) is 11.8 Å². The second-order valence-corrected chi connectivity index (χ2v) is 9.22. The van der Waals surface area contributed by atoms with Crippen molar-refractivity contribution in [2.75, 3.05) is 13.2 Å². The molecule has 0 saturated carbocycles. The summed E-state index contributed by atoms with van der Waals surface area (Å²) in [6, 6.07) is 22.7. The van der Waals surface area contributed by atoms with Crippen molar-refractivity contribution < 1.29 is 14.3 Å². The number of likely N-dealkylation sites (N-methyl/N-ethyl adjacent to an activating group) is 1. The van der Waals surface area contributed by atoms with E-state index in [-0.39, 0.29) is 18.4 Å². The maximum atomic E-state index is 13.5. The first-order valence-corrected chi connectivity index (χ1v) is 12.2. The van der Waals surface area contributed by atoms with Crippen LogP contribution in [-0.2, 0) is 22.6 Å². The highest BCUT2D eigenvalue weighted by atomic mass is 79.9. The van der Waals surface area contributed by atoms with Gasteiger partial charge >= 0.3 is 0 Å². The van der Waals surface area contributed by atoms with Gasteiger partial charge in [-0.15, -0.1) is 0 Å². The molecule has 2 amide bonds. The number of nitrogens with one attached hydrogen (secondary N) is 1. The zero-order valence-electron chi connectivity index (χ0n) is 19.9. The van der Waals surface area contributed by atoms with Gasteiger partial charge in [-0.25, -0.2) is 0 Å². The Morgan fingerprint density at radius 3 is 2.38 bits per heavy atom. The van der Waals surface area contributed by atoms with E-state index >= 15 is 0 Å². The Morgan fingerprint density at radius 1 is 0.971 bits per heavy atom. The molecule has 3 aromatic rings. The molecule has 0 saturated heterocycles. The van der Waals surface area contributed by atoms with Crippen LogP contribution in [0.5, 0.6) is 5.75 Å². The van der Waals surface area contributed by atoms with Crippen LogP contribution in [0.25, 0.3) is 0 Å². The Bertz CT molecular complexity index is 1120. The smallest absolute Gasteiger partial charge is 0.261 e.